The van der Waals surface area contributed by atoms with Gasteiger partial charge in [-0.25, -0.2) is 8.42 Å². The van der Waals surface area contributed by atoms with Crippen molar-refractivity contribution in [3.63, 3.8) is 0 Å². The molecule has 1 atom stereocenters. The first-order chi connectivity index (χ1) is 14.2. The van der Waals surface area contributed by atoms with Gasteiger partial charge in [0.05, 0.1) is 22.6 Å². The lowest BCUT2D eigenvalue weighted by Gasteiger charge is -2.19. The van der Waals surface area contributed by atoms with Crippen molar-refractivity contribution in [2.45, 2.75) is 36.6 Å². The van der Waals surface area contributed by atoms with Crippen LogP contribution in [0.1, 0.15) is 23.6 Å². The Morgan fingerprint density at radius 1 is 0.968 bits per heavy atom. The summed E-state index contributed by atoms with van der Waals surface area (Å²) in [4.78, 5) is 10.9. The smallest absolute Gasteiger partial charge is 0.416 e. The Bertz CT molecular complexity index is 988. The second kappa shape index (κ2) is 9.27. The summed E-state index contributed by atoms with van der Waals surface area (Å²) in [6, 6.07) is 6.38. The highest BCUT2D eigenvalue weighted by Gasteiger charge is 2.39. The van der Waals surface area contributed by atoms with Crippen LogP contribution in [0.5, 0.6) is 0 Å². The second-order valence-corrected chi connectivity index (χ2v) is 8.07. The standard InChI is InChI=1S/C19H17F6NO4S/c1-2-30-17(27)16(8-12-6-4-3-5-7-12)26-31(28,29)15-10-13(18(20,21)22)9-14(11-15)19(23,24)25/h3-7,9-11,16,26H,2,8H2,1H3. The van der Waals surface area contributed by atoms with Crippen molar-refractivity contribution in [3.05, 3.63) is 65.2 Å². The summed E-state index contributed by atoms with van der Waals surface area (Å²) >= 11 is 0. The second-order valence-electron chi connectivity index (χ2n) is 6.36. The molecule has 0 spiro atoms. The van der Waals surface area contributed by atoms with Crippen molar-refractivity contribution in [2.24, 2.45) is 0 Å². The maximum Gasteiger partial charge on any atom is 0.416 e. The van der Waals surface area contributed by atoms with Gasteiger partial charge in [-0.1, -0.05) is 30.3 Å². The molecule has 0 saturated heterocycles. The van der Waals surface area contributed by atoms with E-state index < -0.39 is 50.4 Å². The Morgan fingerprint density at radius 3 is 1.94 bits per heavy atom. The molecule has 0 fully saturated rings. The molecule has 31 heavy (non-hydrogen) atoms. The van der Waals surface area contributed by atoms with E-state index in [2.05, 4.69) is 0 Å². The predicted octanol–water partition coefficient (Wildman–Crippen LogP) is 4.18. The van der Waals surface area contributed by atoms with E-state index in [9.17, 15) is 39.6 Å². The van der Waals surface area contributed by atoms with Gasteiger partial charge in [0, 0.05) is 0 Å². The summed E-state index contributed by atoms with van der Waals surface area (Å²) < 4.78 is 110. The van der Waals surface area contributed by atoms with Gasteiger partial charge in [-0.15, -0.1) is 0 Å². The highest BCUT2D eigenvalue weighted by molar-refractivity contribution is 7.89. The van der Waals surface area contributed by atoms with Crippen LogP contribution in [0.15, 0.2) is 53.4 Å². The van der Waals surface area contributed by atoms with Crippen molar-refractivity contribution in [2.75, 3.05) is 6.61 Å². The maximum absolute atomic E-state index is 13.0. The summed E-state index contributed by atoms with van der Waals surface area (Å²) in [5.74, 6) is -1.03. The number of rotatable bonds is 7. The van der Waals surface area contributed by atoms with Crippen LogP contribution in [0.25, 0.3) is 0 Å². The van der Waals surface area contributed by atoms with Crippen LogP contribution in [0.3, 0.4) is 0 Å². The van der Waals surface area contributed by atoms with E-state index >= 15 is 0 Å². The molecule has 0 radical (unpaired) electrons. The van der Waals surface area contributed by atoms with E-state index in [1.807, 2.05) is 4.72 Å². The fourth-order valence-electron chi connectivity index (χ4n) is 2.60. The number of carbonyl (C=O) groups is 1. The zero-order chi connectivity index (χ0) is 23.4. The van der Waals surface area contributed by atoms with E-state index in [0.717, 1.165) is 0 Å². The molecule has 0 saturated carbocycles. The number of hydrogen-bond donors (Lipinski definition) is 1. The van der Waals surface area contributed by atoms with Crippen molar-refractivity contribution >= 4 is 16.0 Å². The largest absolute Gasteiger partial charge is 0.465 e. The molecule has 0 aromatic heterocycles. The Hall–Kier alpha value is -2.60. The number of hydrogen-bond acceptors (Lipinski definition) is 4. The normalized spacial score (nSPS) is 13.6. The predicted molar refractivity (Wildman–Crippen MR) is 97.3 cm³/mol. The first kappa shape index (κ1) is 24.7. The first-order valence-electron chi connectivity index (χ1n) is 8.76. The van der Waals surface area contributed by atoms with Crippen LogP contribution in [0.2, 0.25) is 0 Å². The summed E-state index contributed by atoms with van der Waals surface area (Å²) in [6.07, 6.45) is -10.7. The maximum atomic E-state index is 13.0. The van der Waals surface area contributed by atoms with Gasteiger partial charge < -0.3 is 4.74 Å². The zero-order valence-electron chi connectivity index (χ0n) is 15.9. The number of benzene rings is 2. The van der Waals surface area contributed by atoms with Crippen LogP contribution in [0, 0.1) is 0 Å². The minimum atomic E-state index is -5.23. The van der Waals surface area contributed by atoms with E-state index in [4.69, 9.17) is 4.74 Å². The topological polar surface area (TPSA) is 72.5 Å². The highest BCUT2D eigenvalue weighted by Crippen LogP contribution is 2.37. The fourth-order valence-corrected chi connectivity index (χ4v) is 3.86. The number of esters is 1. The summed E-state index contributed by atoms with van der Waals surface area (Å²) in [6.45, 7) is 1.34. The number of carbonyl (C=O) groups excluding carboxylic acids is 1. The highest BCUT2D eigenvalue weighted by atomic mass is 32.2. The molecule has 2 aromatic carbocycles. The van der Waals surface area contributed by atoms with Crippen molar-refractivity contribution in [1.29, 1.82) is 0 Å². The number of nitrogens with one attached hydrogen (secondary N) is 1. The molecular weight excluding hydrogens is 452 g/mol. The Balaban J connectivity index is 2.48. The fraction of sp³-hybridized carbons (Fsp3) is 0.316. The third kappa shape index (κ3) is 6.69. The van der Waals surface area contributed by atoms with Gasteiger partial charge in [-0.3, -0.25) is 4.79 Å². The third-order valence-electron chi connectivity index (χ3n) is 4.02. The molecule has 12 heteroatoms. The molecule has 0 aliphatic carbocycles. The molecule has 0 aliphatic heterocycles. The molecule has 0 heterocycles. The van der Waals surface area contributed by atoms with Gasteiger partial charge in [0.25, 0.3) is 0 Å². The van der Waals surface area contributed by atoms with E-state index in [1.165, 1.54) is 6.92 Å². The van der Waals surface area contributed by atoms with Crippen LogP contribution < -0.4 is 4.72 Å². The molecule has 5 nitrogen and oxygen atoms in total. The van der Waals surface area contributed by atoms with Gasteiger partial charge in [0.1, 0.15) is 6.04 Å². The van der Waals surface area contributed by atoms with Crippen molar-refractivity contribution in [1.82, 2.24) is 4.72 Å². The average Bonchev–Trinajstić information content (AvgIpc) is 2.66. The van der Waals surface area contributed by atoms with Crippen molar-refractivity contribution < 1.29 is 44.3 Å². The van der Waals surface area contributed by atoms with E-state index in [1.54, 1.807) is 30.3 Å². The van der Waals surface area contributed by atoms with Gasteiger partial charge in [-0.2, -0.15) is 31.1 Å². The van der Waals surface area contributed by atoms with Crippen LogP contribution in [0.4, 0.5) is 26.3 Å². The summed E-state index contributed by atoms with van der Waals surface area (Å²) in [5, 5.41) is 0. The first-order valence-corrected chi connectivity index (χ1v) is 10.2. The Labute approximate surface area is 174 Å². The van der Waals surface area contributed by atoms with Crippen LogP contribution in [-0.4, -0.2) is 27.0 Å². The van der Waals surface area contributed by atoms with Gasteiger partial charge in [0.2, 0.25) is 10.0 Å². The van der Waals surface area contributed by atoms with Gasteiger partial charge in [0.15, 0.2) is 0 Å². The van der Waals surface area contributed by atoms with Gasteiger partial charge >= 0.3 is 18.3 Å². The monoisotopic (exact) mass is 469 g/mol. The number of sulfonamides is 1. The zero-order valence-corrected chi connectivity index (χ0v) is 16.7. The van der Waals surface area contributed by atoms with E-state index in [-0.39, 0.29) is 31.2 Å². The molecule has 0 bridgehead atoms. The van der Waals surface area contributed by atoms with Gasteiger partial charge in [-0.05, 0) is 37.1 Å². The molecule has 0 amide bonds. The lowest BCUT2D eigenvalue weighted by Crippen LogP contribution is -2.43. The molecule has 2 rings (SSSR count). The average molecular weight is 469 g/mol. The number of ether oxygens (including phenoxy) is 1. The molecule has 1 unspecified atom stereocenters. The van der Waals surface area contributed by atoms with Crippen LogP contribution in [-0.2, 0) is 38.3 Å². The SMILES string of the molecule is CCOC(=O)C(Cc1ccccc1)NS(=O)(=O)c1cc(C(F)(F)F)cc(C(F)(F)F)c1. The lowest BCUT2D eigenvalue weighted by molar-refractivity contribution is -0.145. The minimum Gasteiger partial charge on any atom is -0.465 e. The number of alkyl halides is 6. The van der Waals surface area contributed by atoms with Crippen molar-refractivity contribution in [3.8, 4) is 0 Å². The van der Waals surface area contributed by atoms with E-state index in [0.29, 0.717) is 5.56 Å². The number of halogens is 6. The summed E-state index contributed by atoms with van der Waals surface area (Å²) in [5.41, 5.74) is -3.10. The molecule has 2 aromatic rings. The Kier molecular flexibility index (Phi) is 7.37. The minimum absolute atomic E-state index is 0.0717. The summed E-state index contributed by atoms with van der Waals surface area (Å²) in [7, 11) is -4.96. The molecule has 0 aliphatic rings. The lowest BCUT2D eigenvalue weighted by atomic mass is 10.1. The third-order valence-corrected chi connectivity index (χ3v) is 5.47. The molecular formula is C19H17F6NO4S. The molecule has 1 N–H and O–H groups in total. The quantitative estimate of drug-likeness (QED) is 0.488. The Morgan fingerprint density at radius 2 is 1.48 bits per heavy atom. The van der Waals surface area contributed by atoms with Crippen LogP contribution >= 0.6 is 0 Å². The molecule has 170 valence electrons.